The van der Waals surface area contributed by atoms with Crippen LogP contribution in [0.15, 0.2) is 30.3 Å². The molecule has 1 heterocycles. The molecule has 2 aliphatic carbocycles. The first-order valence-electron chi connectivity index (χ1n) is 11.6. The van der Waals surface area contributed by atoms with E-state index < -0.39 is 0 Å². The summed E-state index contributed by atoms with van der Waals surface area (Å²) in [6.07, 6.45) is 3.30. The van der Waals surface area contributed by atoms with E-state index in [1.807, 2.05) is 30.3 Å². The molecule has 0 aromatic heterocycles. The monoisotopic (exact) mass is 491 g/mol. The summed E-state index contributed by atoms with van der Waals surface area (Å²) in [6, 6.07) is 9.94. The number of benzene rings is 1. The van der Waals surface area contributed by atoms with Crippen LogP contribution in [0.3, 0.4) is 0 Å². The van der Waals surface area contributed by atoms with Crippen LogP contribution < -0.4 is 0 Å². The van der Waals surface area contributed by atoms with Gasteiger partial charge in [-0.25, -0.2) is 0 Å². The predicted octanol–water partition coefficient (Wildman–Crippen LogP) is 4.94. The summed E-state index contributed by atoms with van der Waals surface area (Å²) >= 11 is 0.248. The van der Waals surface area contributed by atoms with Crippen molar-refractivity contribution in [3.8, 4) is 0 Å². The summed E-state index contributed by atoms with van der Waals surface area (Å²) in [5.74, 6) is 0.856. The van der Waals surface area contributed by atoms with E-state index in [4.69, 9.17) is 4.74 Å². The zero-order valence-electron chi connectivity index (χ0n) is 19.8. The average molecular weight is 491 g/mol. The third-order valence-corrected chi connectivity index (χ3v) is 11.8. The molecule has 31 heavy (non-hydrogen) atoms. The standard InChI is InChI=1S/C26H37NO3Se/c1-24(2)14-18(15-31-21-19-12-13-26(5,22(21)28)25(19,3)4)27(16-24)20(23(29)30-6)17-10-8-7-9-11-17/h7-11,18-21H,12-16H2,1-6H3/t18-,19+,20+,21-,26-/m0/s1. The third-order valence-electron chi connectivity index (χ3n) is 8.68. The number of carbonyl (C=O) groups is 2. The molecule has 5 heteroatoms. The molecule has 0 spiro atoms. The fourth-order valence-electron chi connectivity index (χ4n) is 6.52. The Morgan fingerprint density at radius 2 is 1.87 bits per heavy atom. The number of fused-ring (bicyclic) bond motifs is 2. The van der Waals surface area contributed by atoms with Gasteiger partial charge in [0.1, 0.15) is 0 Å². The first-order valence-corrected chi connectivity index (χ1v) is 13.8. The van der Waals surface area contributed by atoms with Gasteiger partial charge >= 0.3 is 194 Å². The molecular weight excluding hydrogens is 453 g/mol. The second kappa shape index (κ2) is 8.01. The zero-order valence-corrected chi connectivity index (χ0v) is 21.5. The zero-order chi connectivity index (χ0) is 22.6. The molecule has 1 aromatic carbocycles. The van der Waals surface area contributed by atoms with Gasteiger partial charge in [-0.2, -0.15) is 0 Å². The summed E-state index contributed by atoms with van der Waals surface area (Å²) in [6.45, 7) is 12.3. The summed E-state index contributed by atoms with van der Waals surface area (Å²) in [7, 11) is 1.48. The first kappa shape index (κ1) is 23.0. The summed E-state index contributed by atoms with van der Waals surface area (Å²) in [4.78, 5) is 28.8. The second-order valence-corrected chi connectivity index (χ2v) is 13.8. The summed E-state index contributed by atoms with van der Waals surface area (Å²) in [5.41, 5.74) is 1.11. The van der Waals surface area contributed by atoms with Crippen LogP contribution in [0.2, 0.25) is 10.1 Å². The van der Waals surface area contributed by atoms with Crippen molar-refractivity contribution < 1.29 is 14.3 Å². The van der Waals surface area contributed by atoms with E-state index in [-0.39, 0.29) is 48.0 Å². The predicted molar refractivity (Wildman–Crippen MR) is 124 cm³/mol. The van der Waals surface area contributed by atoms with E-state index in [0.717, 1.165) is 30.3 Å². The van der Waals surface area contributed by atoms with Crippen molar-refractivity contribution >= 4 is 26.7 Å². The maximum atomic E-state index is 13.4. The van der Waals surface area contributed by atoms with E-state index >= 15 is 0 Å². The molecule has 0 unspecified atom stereocenters. The van der Waals surface area contributed by atoms with Crippen molar-refractivity contribution in [2.75, 3.05) is 13.7 Å². The molecule has 0 amide bonds. The van der Waals surface area contributed by atoms with Crippen LogP contribution in [-0.2, 0) is 14.3 Å². The van der Waals surface area contributed by atoms with E-state index in [1.54, 1.807) is 0 Å². The molecule has 0 N–H and O–H groups in total. The molecule has 3 aliphatic rings. The topological polar surface area (TPSA) is 46.6 Å². The van der Waals surface area contributed by atoms with E-state index in [2.05, 4.69) is 39.5 Å². The number of likely N-dealkylation sites (tertiary alicyclic amines) is 1. The molecule has 2 bridgehead atoms. The molecule has 170 valence electrons. The molecule has 5 atom stereocenters. The molecule has 4 rings (SSSR count). The van der Waals surface area contributed by atoms with Crippen molar-refractivity contribution in [1.82, 2.24) is 4.90 Å². The maximum absolute atomic E-state index is 13.4. The van der Waals surface area contributed by atoms with Crippen molar-refractivity contribution in [2.45, 2.75) is 76.1 Å². The van der Waals surface area contributed by atoms with Gasteiger partial charge in [0, 0.05) is 0 Å². The first-order chi connectivity index (χ1) is 14.5. The Morgan fingerprint density at radius 3 is 2.45 bits per heavy atom. The van der Waals surface area contributed by atoms with Crippen LogP contribution in [-0.4, -0.2) is 51.3 Å². The van der Waals surface area contributed by atoms with Gasteiger partial charge in [0.25, 0.3) is 0 Å². The molecule has 1 aromatic rings. The fraction of sp³-hybridized carbons (Fsp3) is 0.692. The SMILES string of the molecule is COC(=O)[C@@H](c1ccccc1)N1CC(C)(C)C[C@H]1C[Se][C@@H]1C(=O)[C@]2(C)CC[C@H]1C2(C)C. The molecular formula is C26H37NO3Se. The molecule has 1 aliphatic heterocycles. The molecule has 2 saturated carbocycles. The second-order valence-electron chi connectivity index (χ2n) is 11.3. The number of hydrogen-bond acceptors (Lipinski definition) is 4. The van der Waals surface area contributed by atoms with E-state index in [9.17, 15) is 9.59 Å². The van der Waals surface area contributed by atoms with Crippen LogP contribution in [0, 0.1) is 22.2 Å². The van der Waals surface area contributed by atoms with Gasteiger partial charge < -0.3 is 0 Å². The Hall–Kier alpha value is -1.16. The number of Topliss-reactive ketones (excluding diaryl/α,β-unsaturated/α-hetero) is 1. The molecule has 0 radical (unpaired) electrons. The van der Waals surface area contributed by atoms with Crippen molar-refractivity contribution in [1.29, 1.82) is 0 Å². The van der Waals surface area contributed by atoms with Gasteiger partial charge in [-0.05, 0) is 0 Å². The van der Waals surface area contributed by atoms with Crippen LogP contribution in [0.4, 0.5) is 0 Å². The Kier molecular flexibility index (Phi) is 5.94. The number of esters is 1. The van der Waals surface area contributed by atoms with Crippen LogP contribution in [0.25, 0.3) is 0 Å². The van der Waals surface area contributed by atoms with Gasteiger partial charge in [0.05, 0.1) is 0 Å². The average Bonchev–Trinajstić information content (AvgIpc) is 3.20. The Labute approximate surface area is 193 Å². The summed E-state index contributed by atoms with van der Waals surface area (Å²) < 4.78 is 5.24. The van der Waals surface area contributed by atoms with Crippen molar-refractivity contribution in [2.24, 2.45) is 22.2 Å². The number of carbonyl (C=O) groups excluding carboxylic acids is 2. The number of ether oxygens (including phenoxy) is 1. The number of rotatable bonds is 6. The minimum absolute atomic E-state index is 0.115. The molecule has 1 saturated heterocycles. The van der Waals surface area contributed by atoms with Gasteiger partial charge in [0.15, 0.2) is 0 Å². The van der Waals surface area contributed by atoms with E-state index in [1.165, 1.54) is 13.5 Å². The van der Waals surface area contributed by atoms with Crippen molar-refractivity contribution in [3.05, 3.63) is 35.9 Å². The van der Waals surface area contributed by atoms with Crippen molar-refractivity contribution in [3.63, 3.8) is 0 Å². The van der Waals surface area contributed by atoms with Gasteiger partial charge in [0.2, 0.25) is 0 Å². The quantitative estimate of drug-likeness (QED) is 0.419. The third kappa shape index (κ3) is 3.71. The van der Waals surface area contributed by atoms with Gasteiger partial charge in [-0.1, -0.05) is 0 Å². The number of ketones is 1. The van der Waals surface area contributed by atoms with Gasteiger partial charge in [-0.3, -0.25) is 0 Å². The van der Waals surface area contributed by atoms with Crippen LogP contribution in [0.1, 0.15) is 65.5 Å². The normalized spacial score (nSPS) is 34.8. The Morgan fingerprint density at radius 1 is 1.19 bits per heavy atom. The van der Waals surface area contributed by atoms with Crippen LogP contribution >= 0.6 is 0 Å². The molecule has 4 nitrogen and oxygen atoms in total. The minimum atomic E-state index is -0.376. The Bertz CT molecular complexity index is 851. The van der Waals surface area contributed by atoms with E-state index in [0.29, 0.717) is 17.7 Å². The molecule has 3 fully saturated rings. The number of nitrogens with zero attached hydrogens (tertiary/aromatic N) is 1. The number of hydrogen-bond donors (Lipinski definition) is 0. The Balaban J connectivity index is 1.56. The van der Waals surface area contributed by atoms with Crippen LogP contribution in [0.5, 0.6) is 0 Å². The van der Waals surface area contributed by atoms with Gasteiger partial charge in [-0.15, -0.1) is 0 Å². The number of methoxy groups -OCH3 is 1. The fourth-order valence-corrected chi connectivity index (χ4v) is 10.4. The summed E-state index contributed by atoms with van der Waals surface area (Å²) in [5, 5.41) is 1.02.